The maximum absolute atomic E-state index is 13.9. The highest BCUT2D eigenvalue weighted by atomic mass is 18.2. The van der Waals surface area contributed by atoms with Gasteiger partial charge in [0, 0.05) is 12.5 Å². The van der Waals surface area contributed by atoms with Crippen molar-refractivity contribution in [2.45, 2.75) is 13.5 Å². The van der Waals surface area contributed by atoms with E-state index in [2.05, 4.69) is 4.98 Å². The standard InChI is InChI=1S/C23H23FN2O5/c1-15(27)26(14-16-13-19(29-3)9-11-21(16)30-4)20-10-12-22(24)25-23(20)31-18-7-5-17(28-2)6-8-18/h5-13H,14H2,1-4H3/i24-1. The summed E-state index contributed by atoms with van der Waals surface area (Å²) in [5.74, 6) is 1.22. The lowest BCUT2D eigenvalue weighted by Gasteiger charge is -2.24. The Kier molecular flexibility index (Phi) is 6.92. The average Bonchev–Trinajstić information content (AvgIpc) is 2.78. The minimum atomic E-state index is -0.727. The van der Waals surface area contributed by atoms with Crippen LogP contribution in [-0.4, -0.2) is 32.2 Å². The van der Waals surface area contributed by atoms with Crippen molar-refractivity contribution in [3.8, 4) is 28.9 Å². The van der Waals surface area contributed by atoms with E-state index < -0.39 is 5.95 Å². The number of pyridine rings is 1. The molecule has 0 aliphatic rings. The zero-order valence-electron chi connectivity index (χ0n) is 17.7. The molecular formula is C23H23FN2O5. The number of carbonyl (C=O) groups is 1. The Morgan fingerprint density at radius 1 is 0.903 bits per heavy atom. The molecule has 0 saturated carbocycles. The lowest BCUT2D eigenvalue weighted by atomic mass is 10.1. The normalized spacial score (nSPS) is 10.4. The molecule has 1 aromatic heterocycles. The van der Waals surface area contributed by atoms with Gasteiger partial charge in [-0.3, -0.25) is 4.79 Å². The third kappa shape index (κ3) is 5.22. The number of aromatic nitrogens is 1. The second kappa shape index (κ2) is 9.80. The minimum Gasteiger partial charge on any atom is -0.497 e. The van der Waals surface area contributed by atoms with E-state index in [-0.39, 0.29) is 18.3 Å². The number of halogens is 1. The van der Waals surface area contributed by atoms with Crippen LogP contribution in [-0.2, 0) is 11.3 Å². The molecule has 0 spiro atoms. The Balaban J connectivity index is 1.99. The molecule has 3 aromatic rings. The van der Waals surface area contributed by atoms with E-state index in [1.165, 1.54) is 24.0 Å². The minimum absolute atomic E-state index is 0.0396. The van der Waals surface area contributed by atoms with E-state index in [1.807, 2.05) is 0 Å². The molecule has 8 heteroatoms. The second-order valence-electron chi connectivity index (χ2n) is 6.52. The quantitative estimate of drug-likeness (QED) is 0.492. The number of rotatable bonds is 8. The fraction of sp³-hybridized carbons (Fsp3) is 0.217. The van der Waals surface area contributed by atoms with Crippen LogP contribution in [0.2, 0.25) is 0 Å². The van der Waals surface area contributed by atoms with E-state index in [0.717, 1.165) is 0 Å². The summed E-state index contributed by atoms with van der Waals surface area (Å²) in [6.45, 7) is 1.55. The Hall–Kier alpha value is -3.81. The molecular weight excluding hydrogens is 402 g/mol. The number of ether oxygens (including phenoxy) is 4. The van der Waals surface area contributed by atoms with Gasteiger partial charge in [0.15, 0.2) is 0 Å². The van der Waals surface area contributed by atoms with Gasteiger partial charge in [0.2, 0.25) is 17.7 Å². The number of benzene rings is 2. The van der Waals surface area contributed by atoms with E-state index >= 15 is 0 Å². The monoisotopic (exact) mass is 425 g/mol. The van der Waals surface area contributed by atoms with Gasteiger partial charge in [0.25, 0.3) is 0 Å². The first-order valence-corrected chi connectivity index (χ1v) is 9.42. The molecule has 1 heterocycles. The third-order valence-corrected chi connectivity index (χ3v) is 4.57. The van der Waals surface area contributed by atoms with Gasteiger partial charge in [-0.2, -0.15) is 9.37 Å². The average molecular weight is 425 g/mol. The molecule has 3 rings (SSSR count). The van der Waals surface area contributed by atoms with Crippen molar-refractivity contribution in [1.82, 2.24) is 4.98 Å². The molecule has 0 aliphatic heterocycles. The van der Waals surface area contributed by atoms with Crippen LogP contribution in [0.15, 0.2) is 54.6 Å². The summed E-state index contributed by atoms with van der Waals surface area (Å²) in [6.07, 6.45) is 0. The number of carbonyl (C=O) groups excluding carboxylic acids is 1. The first kappa shape index (κ1) is 21.9. The van der Waals surface area contributed by atoms with Crippen molar-refractivity contribution in [2.75, 3.05) is 26.2 Å². The zero-order valence-corrected chi connectivity index (χ0v) is 17.7. The molecule has 1 amide bonds. The highest BCUT2D eigenvalue weighted by molar-refractivity contribution is 5.92. The summed E-state index contributed by atoms with van der Waals surface area (Å²) in [4.78, 5) is 17.8. The maximum atomic E-state index is 13.9. The SMILES string of the molecule is COc1ccc(Oc2nc([18F])ccc2N(Cc2cc(OC)ccc2OC)C(C)=O)cc1. The smallest absolute Gasteiger partial charge is 0.246 e. The highest BCUT2D eigenvalue weighted by Gasteiger charge is 2.21. The lowest BCUT2D eigenvalue weighted by Crippen LogP contribution is -2.28. The van der Waals surface area contributed by atoms with Crippen molar-refractivity contribution in [3.05, 3.63) is 66.1 Å². The number of hydrogen-bond acceptors (Lipinski definition) is 6. The second-order valence-corrected chi connectivity index (χ2v) is 6.52. The first-order chi connectivity index (χ1) is 14.9. The molecule has 162 valence electrons. The Morgan fingerprint density at radius 3 is 2.16 bits per heavy atom. The summed E-state index contributed by atoms with van der Waals surface area (Å²) < 4.78 is 35.6. The van der Waals surface area contributed by atoms with Gasteiger partial charge < -0.3 is 23.8 Å². The van der Waals surface area contributed by atoms with Crippen LogP contribution in [0.4, 0.5) is 10.1 Å². The van der Waals surface area contributed by atoms with Crippen LogP contribution in [0.25, 0.3) is 0 Å². The van der Waals surface area contributed by atoms with Gasteiger partial charge in [0.1, 0.15) is 28.7 Å². The fourth-order valence-corrected chi connectivity index (χ4v) is 2.99. The summed E-state index contributed by atoms with van der Waals surface area (Å²) in [7, 11) is 4.65. The first-order valence-electron chi connectivity index (χ1n) is 9.42. The van der Waals surface area contributed by atoms with Crippen LogP contribution >= 0.6 is 0 Å². The molecule has 0 atom stereocenters. The van der Waals surface area contributed by atoms with E-state index in [1.54, 1.807) is 63.8 Å². The zero-order chi connectivity index (χ0) is 22.4. The van der Waals surface area contributed by atoms with Crippen molar-refractivity contribution in [2.24, 2.45) is 0 Å². The molecule has 0 saturated heterocycles. The van der Waals surface area contributed by atoms with Gasteiger partial charge in [-0.15, -0.1) is 0 Å². The van der Waals surface area contributed by atoms with Crippen molar-refractivity contribution in [1.29, 1.82) is 0 Å². The van der Waals surface area contributed by atoms with Crippen molar-refractivity contribution < 1.29 is 28.1 Å². The Bertz CT molecular complexity index is 1060. The highest BCUT2D eigenvalue weighted by Crippen LogP contribution is 2.34. The van der Waals surface area contributed by atoms with Crippen LogP contribution in [0.1, 0.15) is 12.5 Å². The molecule has 0 N–H and O–H groups in total. The molecule has 2 aromatic carbocycles. The van der Waals surface area contributed by atoms with Gasteiger partial charge in [0.05, 0.1) is 27.9 Å². The predicted octanol–water partition coefficient (Wildman–Crippen LogP) is 4.59. The summed E-state index contributed by atoms with van der Waals surface area (Å²) >= 11 is 0. The predicted molar refractivity (Wildman–Crippen MR) is 114 cm³/mol. The van der Waals surface area contributed by atoms with Crippen LogP contribution in [0, 0.1) is 5.95 Å². The molecule has 7 nitrogen and oxygen atoms in total. The maximum Gasteiger partial charge on any atom is 0.246 e. The van der Waals surface area contributed by atoms with Crippen molar-refractivity contribution >= 4 is 11.6 Å². The van der Waals surface area contributed by atoms with Crippen LogP contribution in [0.5, 0.6) is 28.9 Å². The Morgan fingerprint density at radius 2 is 1.55 bits per heavy atom. The summed E-state index contributed by atoms with van der Waals surface area (Å²) in [5.41, 5.74) is 1.02. The molecule has 31 heavy (non-hydrogen) atoms. The van der Waals surface area contributed by atoms with Gasteiger partial charge in [-0.25, -0.2) is 0 Å². The van der Waals surface area contributed by atoms with Crippen LogP contribution in [0.3, 0.4) is 0 Å². The number of anilines is 1. The van der Waals surface area contributed by atoms with Crippen molar-refractivity contribution in [3.63, 3.8) is 0 Å². The van der Waals surface area contributed by atoms with E-state index in [9.17, 15) is 9.18 Å². The summed E-state index contributed by atoms with van der Waals surface area (Å²) in [6, 6.07) is 14.7. The van der Waals surface area contributed by atoms with Gasteiger partial charge in [-0.1, -0.05) is 0 Å². The molecule has 0 radical (unpaired) electrons. The molecule has 0 aliphatic carbocycles. The molecule has 0 fully saturated rings. The van der Waals surface area contributed by atoms with Gasteiger partial charge in [-0.05, 0) is 54.6 Å². The Labute approximate surface area is 179 Å². The number of amides is 1. The summed E-state index contributed by atoms with van der Waals surface area (Å²) in [5, 5.41) is 0. The number of nitrogens with zero attached hydrogens (tertiary/aromatic N) is 2. The topological polar surface area (TPSA) is 70.1 Å². The van der Waals surface area contributed by atoms with Crippen LogP contribution < -0.4 is 23.8 Å². The van der Waals surface area contributed by atoms with E-state index in [4.69, 9.17) is 18.9 Å². The van der Waals surface area contributed by atoms with Gasteiger partial charge >= 0.3 is 0 Å². The number of methoxy groups -OCH3 is 3. The fourth-order valence-electron chi connectivity index (χ4n) is 2.99. The molecule has 0 unspecified atom stereocenters. The lowest BCUT2D eigenvalue weighted by molar-refractivity contribution is -0.116. The van der Waals surface area contributed by atoms with E-state index in [0.29, 0.717) is 34.2 Å². The third-order valence-electron chi connectivity index (χ3n) is 4.57. The molecule has 0 bridgehead atoms. The largest absolute Gasteiger partial charge is 0.497 e. The number of hydrogen-bond donors (Lipinski definition) is 0.